The Balaban J connectivity index is 1.39. The van der Waals surface area contributed by atoms with E-state index >= 15 is 0 Å². The van der Waals surface area contributed by atoms with Crippen LogP contribution in [0.15, 0.2) is 53.7 Å². The highest BCUT2D eigenvalue weighted by Crippen LogP contribution is 2.36. The van der Waals surface area contributed by atoms with Crippen molar-refractivity contribution in [2.75, 3.05) is 5.75 Å². The summed E-state index contributed by atoms with van der Waals surface area (Å²) in [6.45, 7) is 0.313. The minimum atomic E-state index is -2.59. The number of piperidine rings is 1. The number of hydrogen-bond donors (Lipinski definition) is 2. The molecule has 0 aliphatic carbocycles. The van der Waals surface area contributed by atoms with Crippen LogP contribution in [0.4, 0.5) is 8.78 Å². The molecule has 0 unspecified atom stereocenters. The van der Waals surface area contributed by atoms with Gasteiger partial charge in [0.1, 0.15) is 12.1 Å². The van der Waals surface area contributed by atoms with Gasteiger partial charge in [0.2, 0.25) is 11.8 Å². The van der Waals surface area contributed by atoms with Crippen molar-refractivity contribution >= 4 is 41.2 Å². The summed E-state index contributed by atoms with van der Waals surface area (Å²) >= 11 is 1.91. The number of rotatable bonds is 7. The fourth-order valence-corrected chi connectivity index (χ4v) is 5.88. The number of benzene rings is 1. The minimum absolute atomic E-state index is 0.106. The third-order valence-corrected chi connectivity index (χ3v) is 7.53. The molecule has 1 aromatic carbocycles. The predicted octanol–water partition coefficient (Wildman–Crippen LogP) is 2.88. The molecule has 3 atom stereocenters. The maximum atomic E-state index is 13.2. The van der Waals surface area contributed by atoms with Gasteiger partial charge in [0, 0.05) is 35.2 Å². The molecule has 3 heterocycles. The molecule has 2 saturated heterocycles. The lowest BCUT2D eigenvalue weighted by Gasteiger charge is -2.37. The fourth-order valence-electron chi connectivity index (χ4n) is 3.89. The van der Waals surface area contributed by atoms with E-state index in [0.717, 1.165) is 5.56 Å². The molecule has 2 aromatic rings. The van der Waals surface area contributed by atoms with Crippen LogP contribution in [0.1, 0.15) is 28.8 Å². The van der Waals surface area contributed by atoms with Crippen molar-refractivity contribution in [1.82, 2.24) is 20.5 Å². The van der Waals surface area contributed by atoms with E-state index in [4.69, 9.17) is 0 Å². The summed E-state index contributed by atoms with van der Waals surface area (Å²) in [5, 5.41) is 5.47. The van der Waals surface area contributed by atoms with E-state index in [1.54, 1.807) is 35.1 Å². The van der Waals surface area contributed by atoms with Crippen LogP contribution < -0.4 is 10.6 Å². The van der Waals surface area contributed by atoms with Crippen LogP contribution in [0.3, 0.4) is 0 Å². The Morgan fingerprint density at radius 2 is 2.09 bits per heavy atom. The number of hydrogen-bond acceptors (Lipinski definition) is 6. The van der Waals surface area contributed by atoms with Gasteiger partial charge in [0.05, 0.1) is 5.37 Å². The zero-order valence-corrected chi connectivity index (χ0v) is 19.1. The summed E-state index contributed by atoms with van der Waals surface area (Å²) in [5.41, 5.74) is 1.06. The second-order valence-corrected chi connectivity index (χ2v) is 9.91. The zero-order chi connectivity index (χ0) is 23.4. The molecule has 2 fully saturated rings. The quantitative estimate of drug-likeness (QED) is 0.578. The van der Waals surface area contributed by atoms with Crippen molar-refractivity contribution in [3.05, 3.63) is 59.9 Å². The first kappa shape index (κ1) is 23.5. The molecule has 11 heteroatoms. The van der Waals surface area contributed by atoms with Crippen LogP contribution in [-0.4, -0.2) is 56.6 Å². The van der Waals surface area contributed by atoms with Crippen LogP contribution in [0.25, 0.3) is 0 Å². The van der Waals surface area contributed by atoms with Crippen molar-refractivity contribution in [2.24, 2.45) is 0 Å². The van der Waals surface area contributed by atoms with Gasteiger partial charge >= 0.3 is 0 Å². The van der Waals surface area contributed by atoms with Crippen LogP contribution in [0.5, 0.6) is 0 Å². The Hall–Kier alpha value is -2.66. The number of nitrogens with zero attached hydrogens (tertiary/aromatic N) is 2. The van der Waals surface area contributed by atoms with Crippen molar-refractivity contribution < 1.29 is 23.2 Å². The third kappa shape index (κ3) is 5.64. The molecule has 2 aliphatic rings. The number of thioether (sulfide) groups is 2. The van der Waals surface area contributed by atoms with E-state index in [1.165, 1.54) is 24.3 Å². The summed E-state index contributed by atoms with van der Waals surface area (Å²) in [4.78, 5) is 44.5. The molecule has 33 heavy (non-hydrogen) atoms. The summed E-state index contributed by atoms with van der Waals surface area (Å²) in [6.07, 6.45) is 4.42. The molecule has 0 saturated carbocycles. The second-order valence-electron chi connectivity index (χ2n) is 7.64. The average Bonchev–Trinajstić information content (AvgIpc) is 3.25. The molecule has 2 N–H and O–H groups in total. The van der Waals surface area contributed by atoms with Gasteiger partial charge in [-0.15, -0.1) is 11.8 Å². The molecule has 3 amide bonds. The molecule has 7 nitrogen and oxygen atoms in total. The maximum absolute atomic E-state index is 13.2. The van der Waals surface area contributed by atoms with E-state index in [1.807, 2.05) is 6.07 Å². The van der Waals surface area contributed by atoms with Crippen molar-refractivity contribution in [2.45, 2.75) is 47.5 Å². The number of aromatic nitrogens is 1. The second kappa shape index (κ2) is 10.5. The van der Waals surface area contributed by atoms with E-state index in [0.29, 0.717) is 36.9 Å². The lowest BCUT2D eigenvalue weighted by molar-refractivity contribution is -0.143. The largest absolute Gasteiger partial charge is 0.350 e. The van der Waals surface area contributed by atoms with Crippen molar-refractivity contribution in [3.8, 4) is 0 Å². The molecule has 2 aliphatic heterocycles. The van der Waals surface area contributed by atoms with Gasteiger partial charge in [-0.1, -0.05) is 23.9 Å². The molecule has 0 spiro atoms. The highest BCUT2D eigenvalue weighted by Gasteiger charge is 2.46. The van der Waals surface area contributed by atoms with Crippen LogP contribution in [-0.2, 0) is 16.1 Å². The summed E-state index contributed by atoms with van der Waals surface area (Å²) in [6, 6.07) is 8.17. The smallest absolute Gasteiger partial charge is 0.288 e. The number of nitrogens with one attached hydrogen (secondary N) is 2. The Kier molecular flexibility index (Phi) is 7.49. The summed E-state index contributed by atoms with van der Waals surface area (Å²) in [5.74, 6) is -3.15. The summed E-state index contributed by atoms with van der Waals surface area (Å²) in [7, 11) is 0. The van der Waals surface area contributed by atoms with Gasteiger partial charge in [0.15, 0.2) is 0 Å². The van der Waals surface area contributed by atoms with Crippen LogP contribution in [0, 0.1) is 0 Å². The van der Waals surface area contributed by atoms with E-state index in [9.17, 15) is 23.2 Å². The Morgan fingerprint density at radius 1 is 1.24 bits per heavy atom. The zero-order valence-electron chi connectivity index (χ0n) is 17.4. The van der Waals surface area contributed by atoms with Gasteiger partial charge in [0.25, 0.3) is 11.7 Å². The number of amides is 3. The highest BCUT2D eigenvalue weighted by molar-refractivity contribution is 8.00. The Labute approximate surface area is 198 Å². The number of halogens is 2. The molecule has 4 rings (SSSR count). The number of fused-ring (bicyclic) bond motifs is 1. The molecule has 0 radical (unpaired) electrons. The molecule has 0 bridgehead atoms. The van der Waals surface area contributed by atoms with Crippen LogP contribution in [0.2, 0.25) is 0 Å². The monoisotopic (exact) mass is 492 g/mol. The number of alkyl halides is 2. The van der Waals surface area contributed by atoms with E-state index in [2.05, 4.69) is 15.6 Å². The molecular weight excluding hydrogens is 470 g/mol. The van der Waals surface area contributed by atoms with Crippen molar-refractivity contribution in [3.63, 3.8) is 0 Å². The normalized spacial score (nSPS) is 22.2. The first-order chi connectivity index (χ1) is 15.9. The number of carbonyl (C=O) groups is 3. The predicted molar refractivity (Wildman–Crippen MR) is 122 cm³/mol. The minimum Gasteiger partial charge on any atom is -0.350 e. The maximum Gasteiger partial charge on any atom is 0.288 e. The van der Waals surface area contributed by atoms with Gasteiger partial charge in [-0.2, -0.15) is 8.78 Å². The highest BCUT2D eigenvalue weighted by atomic mass is 32.2. The number of pyridine rings is 1. The van der Waals surface area contributed by atoms with Gasteiger partial charge < -0.3 is 15.5 Å². The van der Waals surface area contributed by atoms with E-state index in [-0.39, 0.29) is 27.6 Å². The standard InChI is InChI=1S/C22H22F2N4O3S2/c23-22(24)33-15-5-1-4-14(9-15)19(29)27-16-6-7-18-28(21(16)31)17(12-32-18)20(30)26-11-13-3-2-8-25-10-13/h1-5,8-10,16-18,22H,6-7,11-12H2,(H,26,30)(H,27,29)/t16-,17-,18-/m0/s1. The van der Waals surface area contributed by atoms with Gasteiger partial charge in [-0.3, -0.25) is 19.4 Å². The van der Waals surface area contributed by atoms with Crippen LogP contribution >= 0.6 is 23.5 Å². The van der Waals surface area contributed by atoms with Gasteiger partial charge in [-0.25, -0.2) is 0 Å². The molecular formula is C22H22F2N4O3S2. The molecule has 1 aromatic heterocycles. The number of carbonyl (C=O) groups excluding carboxylic acids is 3. The third-order valence-electron chi connectivity index (χ3n) is 5.47. The SMILES string of the molecule is O=C(N[C@H]1CC[C@@H]2SC[C@@H](C(=O)NCc3cccnc3)N2C1=O)c1cccc(SC(F)F)c1. The Morgan fingerprint density at radius 3 is 2.85 bits per heavy atom. The summed E-state index contributed by atoms with van der Waals surface area (Å²) < 4.78 is 25.3. The lowest BCUT2D eigenvalue weighted by Crippen LogP contribution is -2.58. The van der Waals surface area contributed by atoms with E-state index < -0.39 is 23.7 Å². The lowest BCUT2D eigenvalue weighted by atomic mass is 10.0. The first-order valence-corrected chi connectivity index (χ1v) is 12.3. The topological polar surface area (TPSA) is 91.4 Å². The average molecular weight is 493 g/mol. The molecule has 174 valence electrons. The first-order valence-electron chi connectivity index (χ1n) is 10.4. The van der Waals surface area contributed by atoms with Gasteiger partial charge in [-0.05, 0) is 42.7 Å². The fraction of sp³-hybridized carbons (Fsp3) is 0.364. The van der Waals surface area contributed by atoms with Crippen molar-refractivity contribution in [1.29, 1.82) is 0 Å². The Bertz CT molecular complexity index is 1030.